The first-order valence-corrected chi connectivity index (χ1v) is 7.73. The van der Waals surface area contributed by atoms with Crippen molar-refractivity contribution in [1.29, 1.82) is 0 Å². The van der Waals surface area contributed by atoms with Crippen molar-refractivity contribution in [3.63, 3.8) is 0 Å². The molecule has 0 aliphatic heterocycles. The van der Waals surface area contributed by atoms with Crippen molar-refractivity contribution in [2.75, 3.05) is 0 Å². The van der Waals surface area contributed by atoms with Gasteiger partial charge < -0.3 is 5.73 Å². The molecule has 22 heavy (non-hydrogen) atoms. The highest BCUT2D eigenvalue weighted by Crippen LogP contribution is 2.59. The summed E-state index contributed by atoms with van der Waals surface area (Å²) in [5.41, 5.74) is 5.03. The molecule has 1 unspecified atom stereocenters. The second-order valence-corrected chi connectivity index (χ2v) is 6.57. The van der Waals surface area contributed by atoms with Gasteiger partial charge in [0, 0.05) is 5.38 Å². The molecule has 1 fully saturated rings. The first kappa shape index (κ1) is 15.7. The number of hydrogen-bond acceptors (Lipinski definition) is 3. The lowest BCUT2D eigenvalue weighted by molar-refractivity contribution is -0.160. The molecule has 8 heteroatoms. The van der Waals surface area contributed by atoms with Crippen LogP contribution < -0.4 is 5.73 Å². The molecule has 1 atom stereocenters. The molecular weight excluding hydrogens is 340 g/mol. The molecule has 2 nitrogen and oxygen atoms in total. The maximum atomic E-state index is 13.2. The van der Waals surface area contributed by atoms with Gasteiger partial charge in [-0.1, -0.05) is 17.7 Å². The predicted molar refractivity (Wildman–Crippen MR) is 76.5 cm³/mol. The number of benzene rings is 1. The summed E-state index contributed by atoms with van der Waals surface area (Å²) in [4.78, 5) is 4.08. The van der Waals surface area contributed by atoms with Crippen LogP contribution in [0.4, 0.5) is 17.6 Å². The lowest BCUT2D eigenvalue weighted by Gasteiger charge is -2.16. The van der Waals surface area contributed by atoms with Crippen molar-refractivity contribution >= 4 is 22.9 Å². The highest BCUT2D eigenvalue weighted by atomic mass is 35.5. The third-order valence-electron chi connectivity index (χ3n) is 3.85. The van der Waals surface area contributed by atoms with Crippen LogP contribution in [0.2, 0.25) is 5.02 Å². The topological polar surface area (TPSA) is 38.9 Å². The van der Waals surface area contributed by atoms with E-state index in [9.17, 15) is 17.6 Å². The standard InChI is InChI=1S/C14H11ClF4N2S/c15-8-5-7(1-2-9(8)16)11(20)10-6-22-12(21-10)13(3-4-13)14(17,18)19/h1-2,5-6,11H,3-4,20H2. The minimum atomic E-state index is -4.30. The molecule has 0 amide bonds. The van der Waals surface area contributed by atoms with Gasteiger partial charge in [0.1, 0.15) is 16.2 Å². The lowest BCUT2D eigenvalue weighted by Crippen LogP contribution is -2.28. The maximum Gasteiger partial charge on any atom is 0.400 e. The van der Waals surface area contributed by atoms with Crippen molar-refractivity contribution in [1.82, 2.24) is 4.98 Å². The minimum absolute atomic E-state index is 0.0404. The van der Waals surface area contributed by atoms with Gasteiger partial charge in [-0.05, 0) is 30.5 Å². The Balaban J connectivity index is 1.89. The molecule has 1 aliphatic carbocycles. The van der Waals surface area contributed by atoms with E-state index in [0.29, 0.717) is 11.3 Å². The van der Waals surface area contributed by atoms with E-state index in [2.05, 4.69) is 4.98 Å². The molecule has 0 bridgehead atoms. The first-order valence-electron chi connectivity index (χ1n) is 6.48. The molecule has 1 heterocycles. The molecular formula is C14H11ClF4N2S. The van der Waals surface area contributed by atoms with Gasteiger partial charge in [-0.15, -0.1) is 11.3 Å². The zero-order valence-electron chi connectivity index (χ0n) is 11.1. The Hall–Kier alpha value is -1.18. The van der Waals surface area contributed by atoms with Crippen molar-refractivity contribution < 1.29 is 17.6 Å². The number of halogens is 5. The summed E-state index contributed by atoms with van der Waals surface area (Å²) in [6.45, 7) is 0. The van der Waals surface area contributed by atoms with Crippen molar-refractivity contribution in [2.24, 2.45) is 5.73 Å². The van der Waals surface area contributed by atoms with Crippen LogP contribution in [0.5, 0.6) is 0 Å². The molecule has 1 aromatic carbocycles. The van der Waals surface area contributed by atoms with Crippen LogP contribution in [0.15, 0.2) is 23.6 Å². The van der Waals surface area contributed by atoms with E-state index < -0.39 is 23.5 Å². The van der Waals surface area contributed by atoms with Crippen molar-refractivity contribution in [2.45, 2.75) is 30.5 Å². The number of thiazole rings is 1. The SMILES string of the molecule is NC(c1ccc(F)c(Cl)c1)c1csc(C2(C(F)(F)F)CC2)n1. The zero-order valence-corrected chi connectivity index (χ0v) is 12.7. The first-order chi connectivity index (χ1) is 10.2. The molecule has 1 aliphatic rings. The summed E-state index contributed by atoms with van der Waals surface area (Å²) in [5, 5.41) is 1.47. The third-order valence-corrected chi connectivity index (χ3v) is 5.20. The molecule has 1 saturated carbocycles. The van der Waals surface area contributed by atoms with Gasteiger partial charge in [0.05, 0.1) is 16.8 Å². The summed E-state index contributed by atoms with van der Waals surface area (Å²) in [5.74, 6) is -0.578. The Morgan fingerprint density at radius 1 is 1.32 bits per heavy atom. The Bertz CT molecular complexity index is 709. The second-order valence-electron chi connectivity index (χ2n) is 5.31. The third kappa shape index (κ3) is 2.51. The number of aromatic nitrogens is 1. The van der Waals surface area contributed by atoms with Crippen LogP contribution in [-0.4, -0.2) is 11.2 Å². The van der Waals surface area contributed by atoms with E-state index in [1.807, 2.05) is 0 Å². The number of nitrogens with two attached hydrogens (primary N) is 1. The molecule has 2 aromatic rings. The normalized spacial score (nSPS) is 18.3. The number of rotatable bonds is 3. The van der Waals surface area contributed by atoms with Gasteiger partial charge in [0.15, 0.2) is 0 Å². The second kappa shape index (κ2) is 5.18. The molecule has 0 spiro atoms. The minimum Gasteiger partial charge on any atom is -0.319 e. The van der Waals surface area contributed by atoms with E-state index >= 15 is 0 Å². The summed E-state index contributed by atoms with van der Waals surface area (Å²) in [6.07, 6.45) is -4.19. The van der Waals surface area contributed by atoms with Crippen LogP contribution in [0.25, 0.3) is 0 Å². The Morgan fingerprint density at radius 2 is 2.00 bits per heavy atom. The number of hydrogen-bond donors (Lipinski definition) is 1. The highest BCUT2D eigenvalue weighted by molar-refractivity contribution is 7.09. The fraction of sp³-hybridized carbons (Fsp3) is 0.357. The van der Waals surface area contributed by atoms with Gasteiger partial charge in [-0.2, -0.15) is 13.2 Å². The Kier molecular flexibility index (Phi) is 3.70. The van der Waals surface area contributed by atoms with Gasteiger partial charge in [-0.3, -0.25) is 0 Å². The van der Waals surface area contributed by atoms with E-state index in [-0.39, 0.29) is 22.9 Å². The van der Waals surface area contributed by atoms with Gasteiger partial charge in [0.25, 0.3) is 0 Å². The summed E-state index contributed by atoms with van der Waals surface area (Å²) < 4.78 is 52.4. The fourth-order valence-electron chi connectivity index (χ4n) is 2.27. The van der Waals surface area contributed by atoms with Crippen molar-refractivity contribution in [3.05, 3.63) is 50.7 Å². The monoisotopic (exact) mass is 350 g/mol. The lowest BCUT2D eigenvalue weighted by atomic mass is 10.0. The summed E-state index contributed by atoms with van der Waals surface area (Å²) >= 11 is 6.65. The fourth-order valence-corrected chi connectivity index (χ4v) is 3.59. The number of alkyl halides is 3. The average molecular weight is 351 g/mol. The molecule has 1 aromatic heterocycles. The van der Waals surface area contributed by atoms with E-state index in [4.69, 9.17) is 17.3 Å². The molecule has 0 radical (unpaired) electrons. The van der Waals surface area contributed by atoms with Crippen LogP contribution in [0, 0.1) is 5.82 Å². The van der Waals surface area contributed by atoms with E-state index in [1.165, 1.54) is 23.6 Å². The van der Waals surface area contributed by atoms with Crippen LogP contribution in [0.1, 0.15) is 35.1 Å². The average Bonchev–Trinajstić information content (AvgIpc) is 3.13. The zero-order chi connectivity index (χ0) is 16.1. The Morgan fingerprint density at radius 3 is 2.55 bits per heavy atom. The molecule has 2 N–H and O–H groups in total. The molecule has 0 saturated heterocycles. The van der Waals surface area contributed by atoms with E-state index in [0.717, 1.165) is 11.3 Å². The quantitative estimate of drug-likeness (QED) is 0.823. The van der Waals surface area contributed by atoms with Crippen LogP contribution in [0.3, 0.4) is 0 Å². The van der Waals surface area contributed by atoms with Crippen molar-refractivity contribution in [3.8, 4) is 0 Å². The summed E-state index contributed by atoms with van der Waals surface area (Å²) in [7, 11) is 0. The van der Waals surface area contributed by atoms with Gasteiger partial charge in [-0.25, -0.2) is 9.37 Å². The Labute approximate surface area is 132 Å². The van der Waals surface area contributed by atoms with Crippen LogP contribution in [-0.2, 0) is 5.41 Å². The highest BCUT2D eigenvalue weighted by Gasteiger charge is 2.66. The molecule has 118 valence electrons. The van der Waals surface area contributed by atoms with Gasteiger partial charge in [0.2, 0.25) is 0 Å². The van der Waals surface area contributed by atoms with Crippen LogP contribution >= 0.6 is 22.9 Å². The number of nitrogens with zero attached hydrogens (tertiary/aromatic N) is 1. The smallest absolute Gasteiger partial charge is 0.319 e. The largest absolute Gasteiger partial charge is 0.400 e. The maximum absolute atomic E-state index is 13.2. The predicted octanol–water partition coefficient (Wildman–Crippen LogP) is 4.58. The molecule has 3 rings (SSSR count). The van der Waals surface area contributed by atoms with Gasteiger partial charge >= 0.3 is 6.18 Å². The van der Waals surface area contributed by atoms with E-state index in [1.54, 1.807) is 0 Å². The summed E-state index contributed by atoms with van der Waals surface area (Å²) in [6, 6.07) is 3.23.